The molecule has 0 atom stereocenters. The van der Waals surface area contributed by atoms with Gasteiger partial charge in [-0.25, -0.2) is 0 Å². The minimum atomic E-state index is -0.276. The molecule has 0 fully saturated rings. The average molecular weight is 346 g/mol. The van der Waals surface area contributed by atoms with Gasteiger partial charge in [-0.3, -0.25) is 9.59 Å². The molecule has 0 aliphatic heterocycles. The van der Waals surface area contributed by atoms with Crippen LogP contribution in [0.15, 0.2) is 77.7 Å². The molecule has 0 radical (unpaired) electrons. The Labute approximate surface area is 153 Å². The van der Waals surface area contributed by atoms with Crippen LogP contribution >= 0.6 is 0 Å². The van der Waals surface area contributed by atoms with Crippen LogP contribution in [0.2, 0.25) is 0 Å². The minimum Gasteiger partial charge on any atom is -0.310 e. The van der Waals surface area contributed by atoms with Crippen LogP contribution in [0.3, 0.4) is 0 Å². The van der Waals surface area contributed by atoms with Crippen molar-refractivity contribution >= 4 is 11.6 Å². The van der Waals surface area contributed by atoms with E-state index in [1.165, 1.54) is 5.56 Å². The summed E-state index contributed by atoms with van der Waals surface area (Å²) in [7, 11) is 0. The number of aromatic nitrogens is 1. The summed E-state index contributed by atoms with van der Waals surface area (Å²) >= 11 is 0. The molecule has 0 saturated heterocycles. The molecule has 4 heteroatoms. The Hall–Kier alpha value is -3.14. The summed E-state index contributed by atoms with van der Waals surface area (Å²) in [6.07, 6.45) is 1.72. The Bertz CT molecular complexity index is 944. The third-order valence-electron chi connectivity index (χ3n) is 4.35. The molecule has 3 aromatic rings. The van der Waals surface area contributed by atoms with Gasteiger partial charge in [-0.1, -0.05) is 48.0 Å². The third-order valence-corrected chi connectivity index (χ3v) is 4.35. The highest BCUT2D eigenvalue weighted by atomic mass is 16.2. The molecule has 0 N–H and O–H groups in total. The van der Waals surface area contributed by atoms with E-state index in [1.807, 2.05) is 68.4 Å². The van der Waals surface area contributed by atoms with E-state index in [0.29, 0.717) is 13.1 Å². The van der Waals surface area contributed by atoms with E-state index in [2.05, 4.69) is 0 Å². The lowest BCUT2D eigenvalue weighted by molar-refractivity contribution is 0.0986. The Balaban J connectivity index is 1.92. The predicted octanol–water partition coefficient (Wildman–Crippen LogP) is 3.87. The van der Waals surface area contributed by atoms with Gasteiger partial charge in [0.15, 0.2) is 0 Å². The Morgan fingerprint density at radius 1 is 0.962 bits per heavy atom. The molecule has 0 saturated carbocycles. The fourth-order valence-corrected chi connectivity index (χ4v) is 2.91. The number of benzene rings is 2. The van der Waals surface area contributed by atoms with Crippen LogP contribution in [0.25, 0.3) is 0 Å². The van der Waals surface area contributed by atoms with Gasteiger partial charge in [0, 0.05) is 18.4 Å². The van der Waals surface area contributed by atoms with Crippen LogP contribution in [-0.2, 0) is 6.54 Å². The SMILES string of the molecule is CCN(C(=O)c1cccn(Cc2ccc(C)cc2)c1=O)c1ccccc1. The van der Waals surface area contributed by atoms with Gasteiger partial charge in [0.25, 0.3) is 11.5 Å². The molecule has 132 valence electrons. The molecule has 1 aromatic heterocycles. The van der Waals surface area contributed by atoms with Crippen LogP contribution in [-0.4, -0.2) is 17.0 Å². The normalized spacial score (nSPS) is 10.5. The van der Waals surface area contributed by atoms with Gasteiger partial charge in [0.1, 0.15) is 5.56 Å². The van der Waals surface area contributed by atoms with E-state index < -0.39 is 0 Å². The van der Waals surface area contributed by atoms with E-state index in [4.69, 9.17) is 0 Å². The minimum absolute atomic E-state index is 0.185. The number of nitrogens with zero attached hydrogens (tertiary/aromatic N) is 2. The molecule has 1 heterocycles. The van der Waals surface area contributed by atoms with Crippen molar-refractivity contribution in [3.8, 4) is 0 Å². The molecule has 26 heavy (non-hydrogen) atoms. The van der Waals surface area contributed by atoms with Crippen LogP contribution in [0, 0.1) is 6.92 Å². The van der Waals surface area contributed by atoms with Gasteiger partial charge in [-0.15, -0.1) is 0 Å². The first kappa shape index (κ1) is 17.7. The van der Waals surface area contributed by atoms with Crippen LogP contribution in [0.5, 0.6) is 0 Å². The number of carbonyl (C=O) groups excluding carboxylic acids is 1. The lowest BCUT2D eigenvalue weighted by Gasteiger charge is -2.21. The highest BCUT2D eigenvalue weighted by molar-refractivity contribution is 6.05. The number of aryl methyl sites for hydroxylation is 1. The first-order chi connectivity index (χ1) is 12.6. The van der Waals surface area contributed by atoms with Crippen molar-refractivity contribution in [1.82, 2.24) is 4.57 Å². The zero-order chi connectivity index (χ0) is 18.5. The van der Waals surface area contributed by atoms with Crippen LogP contribution in [0.1, 0.15) is 28.4 Å². The fourth-order valence-electron chi connectivity index (χ4n) is 2.91. The van der Waals surface area contributed by atoms with Crippen LogP contribution < -0.4 is 10.5 Å². The molecule has 2 aromatic carbocycles. The van der Waals surface area contributed by atoms with Gasteiger partial charge in [0.05, 0.1) is 6.54 Å². The molecule has 3 rings (SSSR count). The van der Waals surface area contributed by atoms with Crippen molar-refractivity contribution in [1.29, 1.82) is 0 Å². The predicted molar refractivity (Wildman–Crippen MR) is 105 cm³/mol. The topological polar surface area (TPSA) is 42.3 Å². The molecule has 0 bridgehead atoms. The zero-order valence-corrected chi connectivity index (χ0v) is 15.1. The number of hydrogen-bond donors (Lipinski definition) is 0. The largest absolute Gasteiger partial charge is 0.310 e. The van der Waals surface area contributed by atoms with Gasteiger partial charge < -0.3 is 9.47 Å². The second kappa shape index (κ2) is 7.83. The fraction of sp³-hybridized carbons (Fsp3) is 0.182. The summed E-state index contributed by atoms with van der Waals surface area (Å²) in [5.74, 6) is -0.276. The van der Waals surface area contributed by atoms with E-state index in [-0.39, 0.29) is 17.0 Å². The standard InChI is InChI=1S/C22H22N2O2/c1-3-24(19-8-5-4-6-9-19)22(26)20-10-7-15-23(21(20)25)16-18-13-11-17(2)12-14-18/h4-15H,3,16H2,1-2H3. The molecule has 1 amide bonds. The molecular formula is C22H22N2O2. The zero-order valence-electron chi connectivity index (χ0n) is 15.1. The Morgan fingerprint density at radius 3 is 2.31 bits per heavy atom. The maximum Gasteiger partial charge on any atom is 0.263 e. The summed E-state index contributed by atoms with van der Waals surface area (Å²) < 4.78 is 1.58. The number of para-hydroxylation sites is 1. The lowest BCUT2D eigenvalue weighted by atomic mass is 10.1. The maximum atomic E-state index is 13.0. The van der Waals surface area contributed by atoms with Crippen molar-refractivity contribution in [3.05, 3.63) is 100.0 Å². The van der Waals surface area contributed by atoms with Crippen LogP contribution in [0.4, 0.5) is 5.69 Å². The number of anilines is 1. The summed E-state index contributed by atoms with van der Waals surface area (Å²) in [6.45, 7) is 4.86. The van der Waals surface area contributed by atoms with Gasteiger partial charge in [-0.2, -0.15) is 0 Å². The first-order valence-corrected chi connectivity index (χ1v) is 8.72. The maximum absolute atomic E-state index is 13.0. The van der Waals surface area contributed by atoms with Crippen molar-refractivity contribution in [2.24, 2.45) is 0 Å². The summed E-state index contributed by atoms with van der Waals surface area (Å²) in [6, 6.07) is 20.8. The average Bonchev–Trinajstić information content (AvgIpc) is 2.66. The lowest BCUT2D eigenvalue weighted by Crippen LogP contribution is -2.36. The van der Waals surface area contributed by atoms with Gasteiger partial charge in [-0.05, 0) is 43.7 Å². The number of amides is 1. The van der Waals surface area contributed by atoms with Crippen molar-refractivity contribution in [2.45, 2.75) is 20.4 Å². The van der Waals surface area contributed by atoms with Crippen molar-refractivity contribution < 1.29 is 4.79 Å². The summed E-state index contributed by atoms with van der Waals surface area (Å²) in [5, 5.41) is 0. The number of rotatable bonds is 5. The summed E-state index contributed by atoms with van der Waals surface area (Å²) in [4.78, 5) is 27.4. The monoisotopic (exact) mass is 346 g/mol. The van der Waals surface area contributed by atoms with E-state index in [9.17, 15) is 9.59 Å². The smallest absolute Gasteiger partial charge is 0.263 e. The first-order valence-electron chi connectivity index (χ1n) is 8.72. The molecule has 0 unspecified atom stereocenters. The second-order valence-electron chi connectivity index (χ2n) is 6.23. The molecule has 0 aliphatic rings. The number of carbonyl (C=O) groups is 1. The van der Waals surface area contributed by atoms with Crippen molar-refractivity contribution in [2.75, 3.05) is 11.4 Å². The highest BCUT2D eigenvalue weighted by Gasteiger charge is 2.19. The Kier molecular flexibility index (Phi) is 5.32. The van der Waals surface area contributed by atoms with E-state index in [1.54, 1.807) is 27.8 Å². The number of pyridine rings is 1. The molecular weight excluding hydrogens is 324 g/mol. The summed E-state index contributed by atoms with van der Waals surface area (Å²) in [5.41, 5.74) is 2.90. The molecule has 4 nitrogen and oxygen atoms in total. The van der Waals surface area contributed by atoms with E-state index >= 15 is 0 Å². The van der Waals surface area contributed by atoms with Crippen molar-refractivity contribution in [3.63, 3.8) is 0 Å². The number of hydrogen-bond acceptors (Lipinski definition) is 2. The second-order valence-corrected chi connectivity index (χ2v) is 6.23. The van der Waals surface area contributed by atoms with Gasteiger partial charge >= 0.3 is 0 Å². The highest BCUT2D eigenvalue weighted by Crippen LogP contribution is 2.15. The van der Waals surface area contributed by atoms with E-state index in [0.717, 1.165) is 11.3 Å². The quantitative estimate of drug-likeness (QED) is 0.704. The molecule has 0 spiro atoms. The molecule has 0 aliphatic carbocycles. The Morgan fingerprint density at radius 2 is 1.65 bits per heavy atom. The third kappa shape index (κ3) is 3.75. The van der Waals surface area contributed by atoms with Gasteiger partial charge in [0.2, 0.25) is 0 Å².